The minimum absolute atomic E-state index is 0.0911. The number of carbonyl (C=O) groups excluding carboxylic acids is 2. The number of furan rings is 1. The Bertz CT molecular complexity index is 1330. The number of amides is 2. The molecular weight excluding hydrogens is 458 g/mol. The fourth-order valence-corrected chi connectivity index (χ4v) is 3.92. The van der Waals surface area contributed by atoms with Crippen molar-refractivity contribution >= 4 is 22.8 Å². The second-order valence-electron chi connectivity index (χ2n) is 9.24. The number of benzene rings is 2. The number of nitrogens with one attached hydrogen (secondary N) is 1. The van der Waals surface area contributed by atoms with Crippen molar-refractivity contribution in [3.8, 4) is 5.75 Å². The standard InChI is InChI=1S/C27H31N5O4/c1-5-27(2,3)28-26(34)25(19-10-8-11-20(16-19)35-4)31(17-21-12-9-15-36-21)24(33)18-32-23-14-7-6-13-22(23)29-30-32/h6-16,25H,5,17-18H2,1-4H3,(H,28,34). The summed E-state index contributed by atoms with van der Waals surface area (Å²) in [6.07, 6.45) is 2.27. The van der Waals surface area contributed by atoms with Gasteiger partial charge < -0.3 is 19.4 Å². The topological polar surface area (TPSA) is 102 Å². The molecule has 2 amide bonds. The maximum absolute atomic E-state index is 13.9. The largest absolute Gasteiger partial charge is 0.497 e. The Hall–Kier alpha value is -4.14. The Morgan fingerprint density at radius 2 is 1.94 bits per heavy atom. The Labute approximate surface area is 210 Å². The van der Waals surface area contributed by atoms with Gasteiger partial charge in [0.1, 0.15) is 29.6 Å². The predicted octanol–water partition coefficient (Wildman–Crippen LogP) is 4.11. The molecule has 0 radical (unpaired) electrons. The quantitative estimate of drug-likeness (QED) is 0.360. The van der Waals surface area contributed by atoms with Gasteiger partial charge in [0.2, 0.25) is 11.8 Å². The zero-order valence-electron chi connectivity index (χ0n) is 21.0. The first-order valence-electron chi connectivity index (χ1n) is 11.9. The van der Waals surface area contributed by atoms with E-state index < -0.39 is 11.6 Å². The third-order valence-electron chi connectivity index (χ3n) is 6.25. The van der Waals surface area contributed by atoms with Crippen LogP contribution in [0.15, 0.2) is 71.3 Å². The van der Waals surface area contributed by atoms with E-state index in [2.05, 4.69) is 15.6 Å². The predicted molar refractivity (Wildman–Crippen MR) is 135 cm³/mol. The van der Waals surface area contributed by atoms with Gasteiger partial charge in [0.05, 0.1) is 25.4 Å². The van der Waals surface area contributed by atoms with Crippen LogP contribution in [-0.2, 0) is 22.7 Å². The highest BCUT2D eigenvalue weighted by molar-refractivity contribution is 5.89. The summed E-state index contributed by atoms with van der Waals surface area (Å²) in [5, 5.41) is 11.4. The Morgan fingerprint density at radius 3 is 2.67 bits per heavy atom. The molecule has 0 spiro atoms. The number of para-hydroxylation sites is 1. The van der Waals surface area contributed by atoms with Gasteiger partial charge in [-0.25, -0.2) is 4.68 Å². The number of ether oxygens (including phenoxy) is 1. The Morgan fingerprint density at radius 1 is 1.14 bits per heavy atom. The summed E-state index contributed by atoms with van der Waals surface area (Å²) in [6, 6.07) is 17.2. The average Bonchev–Trinajstić information content (AvgIpc) is 3.54. The Kier molecular flexibility index (Phi) is 7.38. The zero-order valence-corrected chi connectivity index (χ0v) is 21.0. The SMILES string of the molecule is CCC(C)(C)NC(=O)C(c1cccc(OC)c1)N(Cc1ccco1)C(=O)Cn1nnc2ccccc21. The van der Waals surface area contributed by atoms with Crippen molar-refractivity contribution in [3.63, 3.8) is 0 Å². The summed E-state index contributed by atoms with van der Waals surface area (Å²) in [5.41, 5.74) is 1.59. The van der Waals surface area contributed by atoms with E-state index in [0.717, 1.165) is 11.9 Å². The molecule has 0 aliphatic carbocycles. The number of fused-ring (bicyclic) bond motifs is 1. The minimum Gasteiger partial charge on any atom is -0.497 e. The highest BCUT2D eigenvalue weighted by Crippen LogP contribution is 2.28. The molecule has 4 aromatic rings. The lowest BCUT2D eigenvalue weighted by atomic mass is 9.98. The van der Waals surface area contributed by atoms with Gasteiger partial charge in [-0.05, 0) is 62.2 Å². The third-order valence-corrected chi connectivity index (χ3v) is 6.25. The molecule has 0 aliphatic rings. The van der Waals surface area contributed by atoms with Gasteiger partial charge in [-0.2, -0.15) is 0 Å². The summed E-state index contributed by atoms with van der Waals surface area (Å²) >= 11 is 0. The maximum atomic E-state index is 13.9. The highest BCUT2D eigenvalue weighted by Gasteiger charge is 2.35. The van der Waals surface area contributed by atoms with Crippen LogP contribution in [0.1, 0.15) is 44.6 Å². The third kappa shape index (κ3) is 5.56. The second kappa shape index (κ2) is 10.6. The number of rotatable bonds is 10. The minimum atomic E-state index is -0.932. The van der Waals surface area contributed by atoms with Gasteiger partial charge in [-0.15, -0.1) is 5.10 Å². The van der Waals surface area contributed by atoms with E-state index in [1.807, 2.05) is 51.1 Å². The molecule has 1 atom stereocenters. The molecule has 0 saturated heterocycles. The molecule has 2 aromatic carbocycles. The summed E-state index contributed by atoms with van der Waals surface area (Å²) in [4.78, 5) is 29.2. The van der Waals surface area contributed by atoms with Gasteiger partial charge >= 0.3 is 0 Å². The number of hydrogen-bond acceptors (Lipinski definition) is 6. The molecule has 0 saturated carbocycles. The first-order chi connectivity index (χ1) is 17.3. The van der Waals surface area contributed by atoms with E-state index in [4.69, 9.17) is 9.15 Å². The van der Waals surface area contributed by atoms with Gasteiger partial charge in [0, 0.05) is 5.54 Å². The molecule has 36 heavy (non-hydrogen) atoms. The van der Waals surface area contributed by atoms with Crippen molar-refractivity contribution in [2.24, 2.45) is 0 Å². The lowest BCUT2D eigenvalue weighted by molar-refractivity contribution is -0.143. The molecule has 1 unspecified atom stereocenters. The molecule has 9 heteroatoms. The van der Waals surface area contributed by atoms with Crippen LogP contribution in [0.5, 0.6) is 5.75 Å². The monoisotopic (exact) mass is 489 g/mol. The molecule has 2 aromatic heterocycles. The van der Waals surface area contributed by atoms with Crippen molar-refractivity contribution < 1.29 is 18.7 Å². The second-order valence-corrected chi connectivity index (χ2v) is 9.24. The summed E-state index contributed by atoms with van der Waals surface area (Å²) in [6.45, 7) is 5.91. The van der Waals surface area contributed by atoms with E-state index >= 15 is 0 Å². The Balaban J connectivity index is 1.76. The fraction of sp³-hybridized carbons (Fsp3) is 0.333. The van der Waals surface area contributed by atoms with Crippen LogP contribution in [0.3, 0.4) is 0 Å². The van der Waals surface area contributed by atoms with E-state index in [0.29, 0.717) is 22.6 Å². The van der Waals surface area contributed by atoms with Crippen LogP contribution in [0.2, 0.25) is 0 Å². The van der Waals surface area contributed by atoms with Crippen LogP contribution < -0.4 is 10.1 Å². The molecule has 9 nitrogen and oxygen atoms in total. The van der Waals surface area contributed by atoms with Crippen LogP contribution in [0.4, 0.5) is 0 Å². The molecule has 0 aliphatic heterocycles. The number of methoxy groups -OCH3 is 1. The summed E-state index contributed by atoms with van der Waals surface area (Å²) in [5.74, 6) is 0.549. The normalized spacial score (nSPS) is 12.3. The summed E-state index contributed by atoms with van der Waals surface area (Å²) in [7, 11) is 1.57. The molecule has 188 valence electrons. The van der Waals surface area contributed by atoms with Gasteiger partial charge in [0.15, 0.2) is 0 Å². The van der Waals surface area contributed by atoms with Gasteiger partial charge in [-0.3, -0.25) is 9.59 Å². The lowest BCUT2D eigenvalue weighted by Crippen LogP contribution is -2.50. The number of aromatic nitrogens is 3. The van der Waals surface area contributed by atoms with Crippen molar-refractivity contribution in [2.45, 2.75) is 51.9 Å². The molecule has 4 rings (SSSR count). The molecule has 1 N–H and O–H groups in total. The van der Waals surface area contributed by atoms with Crippen molar-refractivity contribution in [1.82, 2.24) is 25.2 Å². The number of carbonyl (C=O) groups is 2. The average molecular weight is 490 g/mol. The summed E-state index contributed by atoms with van der Waals surface area (Å²) < 4.78 is 12.5. The van der Waals surface area contributed by atoms with Crippen molar-refractivity contribution in [1.29, 1.82) is 0 Å². The van der Waals surface area contributed by atoms with Crippen LogP contribution in [0.25, 0.3) is 11.0 Å². The van der Waals surface area contributed by atoms with E-state index in [1.54, 1.807) is 48.4 Å². The highest BCUT2D eigenvalue weighted by atomic mass is 16.5. The van der Waals surface area contributed by atoms with Crippen LogP contribution in [-0.4, -0.2) is 44.4 Å². The molecule has 0 fully saturated rings. The van der Waals surface area contributed by atoms with E-state index in [-0.39, 0.29) is 24.9 Å². The van der Waals surface area contributed by atoms with Crippen LogP contribution >= 0.6 is 0 Å². The van der Waals surface area contributed by atoms with Gasteiger partial charge in [0.25, 0.3) is 0 Å². The smallest absolute Gasteiger partial charge is 0.247 e. The van der Waals surface area contributed by atoms with E-state index in [1.165, 1.54) is 4.90 Å². The molecule has 2 heterocycles. The number of hydrogen-bond donors (Lipinski definition) is 1. The first-order valence-corrected chi connectivity index (χ1v) is 11.9. The first kappa shape index (κ1) is 25.0. The lowest BCUT2D eigenvalue weighted by Gasteiger charge is -2.34. The van der Waals surface area contributed by atoms with Crippen molar-refractivity contribution in [2.75, 3.05) is 7.11 Å². The molecule has 0 bridgehead atoms. The fourth-order valence-electron chi connectivity index (χ4n) is 3.92. The van der Waals surface area contributed by atoms with Gasteiger partial charge in [-0.1, -0.05) is 36.4 Å². The zero-order chi connectivity index (χ0) is 25.7. The number of nitrogens with zero attached hydrogens (tertiary/aromatic N) is 4. The van der Waals surface area contributed by atoms with Crippen molar-refractivity contribution in [3.05, 3.63) is 78.3 Å². The van der Waals surface area contributed by atoms with E-state index in [9.17, 15) is 9.59 Å². The van der Waals surface area contributed by atoms with Crippen LogP contribution in [0, 0.1) is 0 Å². The maximum Gasteiger partial charge on any atom is 0.247 e. The molecular formula is C27H31N5O4.